The van der Waals surface area contributed by atoms with Crippen LogP contribution in [0, 0.1) is 0 Å². The molecule has 0 unspecified atom stereocenters. The smallest absolute Gasteiger partial charge is 0.339 e. The van der Waals surface area contributed by atoms with Crippen molar-refractivity contribution in [1.29, 1.82) is 0 Å². The monoisotopic (exact) mass is 222 g/mol. The summed E-state index contributed by atoms with van der Waals surface area (Å²) < 4.78 is 4.96. The maximum Gasteiger partial charge on any atom is 0.339 e. The second-order valence-electron chi connectivity index (χ2n) is 3.40. The Morgan fingerprint density at radius 2 is 2.07 bits per heavy atom. The average Bonchev–Trinajstić information content (AvgIpc) is 2.26. The van der Waals surface area contributed by atoms with Gasteiger partial charge < -0.3 is 4.74 Å². The first-order valence-electron chi connectivity index (χ1n) is 4.90. The fourth-order valence-electron chi connectivity index (χ4n) is 1.58. The van der Waals surface area contributed by atoms with E-state index in [2.05, 4.69) is 0 Å². The third-order valence-electron chi connectivity index (χ3n) is 2.43. The van der Waals surface area contributed by atoms with Gasteiger partial charge in [-0.15, -0.1) is 0 Å². The van der Waals surface area contributed by atoms with Crippen LogP contribution in [0.25, 0.3) is 5.03 Å². The first-order valence-corrected chi connectivity index (χ1v) is 5.28. The lowest BCUT2D eigenvalue weighted by molar-refractivity contribution is -0.155. The van der Waals surface area contributed by atoms with Crippen molar-refractivity contribution >= 4 is 22.6 Å². The molecule has 0 radical (unpaired) electrons. The molecule has 0 bridgehead atoms. The number of esters is 1. The molecule has 1 aromatic rings. The molecule has 0 saturated carbocycles. The van der Waals surface area contributed by atoms with Crippen molar-refractivity contribution in [3.05, 3.63) is 41.5 Å². The summed E-state index contributed by atoms with van der Waals surface area (Å²) in [5.74, 6) is -0.296. The Morgan fingerprint density at radius 3 is 2.60 bits per heavy atom. The Kier molecular flexibility index (Phi) is 2.78. The number of ether oxygens (including phenoxy) is 1. The van der Waals surface area contributed by atoms with Gasteiger partial charge in [0.05, 0.1) is 10.6 Å². The van der Waals surface area contributed by atoms with Crippen LogP contribution in [-0.2, 0) is 9.53 Å². The predicted molar refractivity (Wildman–Crippen MR) is 59.4 cm³/mol. The summed E-state index contributed by atoms with van der Waals surface area (Å²) in [6, 6.07) is 9.46. The second-order valence-corrected chi connectivity index (χ2v) is 3.77. The van der Waals surface area contributed by atoms with E-state index in [0.29, 0.717) is 10.6 Å². The maximum absolute atomic E-state index is 11.3. The second kappa shape index (κ2) is 4.07. The molecule has 2 rings (SSSR count). The molecule has 0 amide bonds. The molecule has 1 aromatic carbocycles. The first kappa shape index (κ1) is 10.2. The van der Waals surface area contributed by atoms with Crippen molar-refractivity contribution in [1.82, 2.24) is 0 Å². The standard InChI is InChI=1S/C12H11ClO2/c1-2-9-10(12(14)15-9)11(13)8-6-4-3-5-7-8/h3-7,9H,2H2,1H3/b11-10-/t9-/m0/s1. The highest BCUT2D eigenvalue weighted by molar-refractivity contribution is 6.51. The van der Waals surface area contributed by atoms with E-state index >= 15 is 0 Å². The van der Waals surface area contributed by atoms with E-state index < -0.39 is 0 Å². The molecule has 3 heteroatoms. The predicted octanol–water partition coefficient (Wildman–Crippen LogP) is 2.97. The molecule has 0 N–H and O–H groups in total. The summed E-state index contributed by atoms with van der Waals surface area (Å²) in [6.45, 7) is 1.96. The van der Waals surface area contributed by atoms with Crippen molar-refractivity contribution < 1.29 is 9.53 Å². The molecule has 0 aliphatic carbocycles. The Balaban J connectivity index is 2.37. The zero-order chi connectivity index (χ0) is 10.8. The number of cyclic esters (lactones) is 1. The van der Waals surface area contributed by atoms with Gasteiger partial charge in [0.1, 0.15) is 6.10 Å². The highest BCUT2D eigenvalue weighted by Crippen LogP contribution is 2.34. The minimum Gasteiger partial charge on any atom is -0.454 e. The van der Waals surface area contributed by atoms with Crippen LogP contribution in [0.5, 0.6) is 0 Å². The molecular weight excluding hydrogens is 212 g/mol. The molecule has 15 heavy (non-hydrogen) atoms. The van der Waals surface area contributed by atoms with Crippen molar-refractivity contribution in [2.75, 3.05) is 0 Å². The van der Waals surface area contributed by atoms with Gasteiger partial charge in [0.15, 0.2) is 0 Å². The normalized spacial score (nSPS) is 23.1. The number of carbonyl (C=O) groups is 1. The third-order valence-corrected chi connectivity index (χ3v) is 2.85. The SMILES string of the molecule is CC[C@@H]1OC(=O)/C1=C(\Cl)c1ccccc1. The Bertz CT molecular complexity index is 409. The number of rotatable bonds is 2. The Hall–Kier alpha value is -1.28. The summed E-state index contributed by atoms with van der Waals surface area (Å²) in [7, 11) is 0. The van der Waals surface area contributed by atoms with Crippen LogP contribution >= 0.6 is 11.6 Å². The molecule has 1 aliphatic rings. The van der Waals surface area contributed by atoms with Gasteiger partial charge in [0.2, 0.25) is 0 Å². The van der Waals surface area contributed by atoms with Crippen LogP contribution in [0.3, 0.4) is 0 Å². The van der Waals surface area contributed by atoms with Gasteiger partial charge in [-0.05, 0) is 12.0 Å². The highest BCUT2D eigenvalue weighted by atomic mass is 35.5. The van der Waals surface area contributed by atoms with E-state index in [1.165, 1.54) is 0 Å². The van der Waals surface area contributed by atoms with Crippen LogP contribution in [0.1, 0.15) is 18.9 Å². The average molecular weight is 223 g/mol. The lowest BCUT2D eigenvalue weighted by Gasteiger charge is -2.29. The van der Waals surface area contributed by atoms with Crippen LogP contribution in [0.2, 0.25) is 0 Å². The van der Waals surface area contributed by atoms with Gasteiger partial charge >= 0.3 is 5.97 Å². The van der Waals surface area contributed by atoms with Gasteiger partial charge in [-0.3, -0.25) is 0 Å². The first-order chi connectivity index (χ1) is 7.24. The van der Waals surface area contributed by atoms with E-state index in [0.717, 1.165) is 12.0 Å². The molecule has 0 spiro atoms. The van der Waals surface area contributed by atoms with E-state index in [1.54, 1.807) is 0 Å². The summed E-state index contributed by atoms with van der Waals surface area (Å²) in [5.41, 5.74) is 1.47. The fourth-order valence-corrected chi connectivity index (χ4v) is 1.91. The van der Waals surface area contributed by atoms with E-state index in [-0.39, 0.29) is 12.1 Å². The Labute approximate surface area is 93.5 Å². The molecule has 2 nitrogen and oxygen atoms in total. The van der Waals surface area contributed by atoms with Crippen molar-refractivity contribution in [2.24, 2.45) is 0 Å². The van der Waals surface area contributed by atoms with Gasteiger partial charge in [-0.25, -0.2) is 4.79 Å². The zero-order valence-electron chi connectivity index (χ0n) is 8.37. The number of carbonyl (C=O) groups excluding carboxylic acids is 1. The van der Waals surface area contributed by atoms with Crippen LogP contribution in [0.15, 0.2) is 35.9 Å². The van der Waals surface area contributed by atoms with Gasteiger partial charge in [-0.2, -0.15) is 0 Å². The number of halogens is 1. The van der Waals surface area contributed by atoms with E-state index in [9.17, 15) is 4.79 Å². The maximum atomic E-state index is 11.3. The molecule has 1 heterocycles. The Morgan fingerprint density at radius 1 is 1.40 bits per heavy atom. The summed E-state index contributed by atoms with van der Waals surface area (Å²) in [6.07, 6.45) is 0.634. The molecule has 0 aromatic heterocycles. The van der Waals surface area contributed by atoms with Crippen molar-refractivity contribution in [3.63, 3.8) is 0 Å². The topological polar surface area (TPSA) is 26.3 Å². The lowest BCUT2D eigenvalue weighted by Crippen LogP contribution is -2.36. The number of benzene rings is 1. The van der Waals surface area contributed by atoms with Crippen LogP contribution in [0.4, 0.5) is 0 Å². The van der Waals surface area contributed by atoms with E-state index in [4.69, 9.17) is 16.3 Å². The van der Waals surface area contributed by atoms with Crippen molar-refractivity contribution in [2.45, 2.75) is 19.4 Å². The van der Waals surface area contributed by atoms with Gasteiger partial charge in [0.25, 0.3) is 0 Å². The van der Waals surface area contributed by atoms with Crippen molar-refractivity contribution in [3.8, 4) is 0 Å². The fraction of sp³-hybridized carbons (Fsp3) is 0.250. The quantitative estimate of drug-likeness (QED) is 0.568. The number of hydrogen-bond donors (Lipinski definition) is 0. The van der Waals surface area contributed by atoms with E-state index in [1.807, 2.05) is 37.3 Å². The third kappa shape index (κ3) is 1.77. The molecular formula is C12H11ClO2. The molecule has 1 saturated heterocycles. The highest BCUT2D eigenvalue weighted by Gasteiger charge is 2.37. The van der Waals surface area contributed by atoms with Crippen LogP contribution in [-0.4, -0.2) is 12.1 Å². The summed E-state index contributed by atoms with van der Waals surface area (Å²) >= 11 is 6.16. The summed E-state index contributed by atoms with van der Waals surface area (Å²) in [5, 5.41) is 0.513. The summed E-state index contributed by atoms with van der Waals surface area (Å²) in [4.78, 5) is 11.3. The van der Waals surface area contributed by atoms with Gasteiger partial charge in [-0.1, -0.05) is 48.9 Å². The van der Waals surface area contributed by atoms with Crippen LogP contribution < -0.4 is 0 Å². The molecule has 1 fully saturated rings. The minimum atomic E-state index is -0.296. The molecule has 1 aliphatic heterocycles. The molecule has 78 valence electrons. The zero-order valence-corrected chi connectivity index (χ0v) is 9.12. The largest absolute Gasteiger partial charge is 0.454 e. The number of hydrogen-bond acceptors (Lipinski definition) is 2. The molecule has 1 atom stereocenters. The lowest BCUT2D eigenvalue weighted by atomic mass is 9.99. The minimum absolute atomic E-state index is 0.134. The van der Waals surface area contributed by atoms with Gasteiger partial charge in [0, 0.05) is 0 Å².